The van der Waals surface area contributed by atoms with E-state index < -0.39 is 0 Å². The largest absolute Gasteiger partial charge is 0.468 e. The Kier molecular flexibility index (Phi) is 7.00. The molecule has 0 N–H and O–H groups in total. The Hall–Kier alpha value is -3.36. The highest BCUT2D eigenvalue weighted by molar-refractivity contribution is 5.94. The number of furan rings is 1. The van der Waals surface area contributed by atoms with Crippen LogP contribution in [0.4, 0.5) is 5.69 Å². The lowest BCUT2D eigenvalue weighted by Gasteiger charge is -2.27. The van der Waals surface area contributed by atoms with Gasteiger partial charge in [-0.2, -0.15) is 5.26 Å². The minimum atomic E-state index is -0.0380. The molecule has 0 bridgehead atoms. The van der Waals surface area contributed by atoms with E-state index in [0.29, 0.717) is 19.6 Å². The maximum Gasteiger partial charge on any atom is 0.241 e. The number of hydrogen-bond acceptors (Lipinski definition) is 4. The van der Waals surface area contributed by atoms with E-state index in [1.807, 2.05) is 72.8 Å². The smallest absolute Gasteiger partial charge is 0.241 e. The normalized spacial score (nSPS) is 10.6. The van der Waals surface area contributed by atoms with Gasteiger partial charge in [0.05, 0.1) is 31.8 Å². The van der Waals surface area contributed by atoms with E-state index in [2.05, 4.69) is 11.0 Å². The summed E-state index contributed by atoms with van der Waals surface area (Å²) in [5.74, 6) is 0.774. The Bertz CT molecular complexity index is 887. The zero-order valence-corrected chi connectivity index (χ0v) is 15.7. The Morgan fingerprint density at radius 2 is 1.64 bits per heavy atom. The van der Waals surface area contributed by atoms with Crippen LogP contribution in [0, 0.1) is 11.3 Å². The first-order valence-corrected chi connectivity index (χ1v) is 9.27. The predicted octanol–water partition coefficient (Wildman–Crippen LogP) is 4.23. The number of carbonyl (C=O) groups is 1. The third-order valence-corrected chi connectivity index (χ3v) is 4.38. The van der Waals surface area contributed by atoms with Crippen molar-refractivity contribution in [3.63, 3.8) is 0 Å². The Morgan fingerprint density at radius 1 is 0.929 bits per heavy atom. The molecule has 5 heteroatoms. The lowest BCUT2D eigenvalue weighted by atomic mass is 10.2. The van der Waals surface area contributed by atoms with Gasteiger partial charge in [0.25, 0.3) is 0 Å². The van der Waals surface area contributed by atoms with E-state index in [1.165, 1.54) is 0 Å². The molecule has 1 amide bonds. The van der Waals surface area contributed by atoms with Crippen molar-refractivity contribution in [2.45, 2.75) is 19.5 Å². The molecular weight excluding hydrogens is 350 g/mol. The van der Waals surface area contributed by atoms with E-state index in [1.54, 1.807) is 11.2 Å². The van der Waals surface area contributed by atoms with Gasteiger partial charge in [-0.15, -0.1) is 0 Å². The molecular formula is C23H23N3O2. The van der Waals surface area contributed by atoms with Crippen LogP contribution in [0.15, 0.2) is 83.5 Å². The van der Waals surface area contributed by atoms with Gasteiger partial charge in [0, 0.05) is 18.8 Å². The summed E-state index contributed by atoms with van der Waals surface area (Å²) in [6, 6.07) is 25.4. The molecule has 5 nitrogen and oxygen atoms in total. The first-order valence-electron chi connectivity index (χ1n) is 9.27. The van der Waals surface area contributed by atoms with Crippen molar-refractivity contribution in [3.05, 3.63) is 90.4 Å². The Morgan fingerprint density at radius 3 is 2.29 bits per heavy atom. The van der Waals surface area contributed by atoms with E-state index in [0.717, 1.165) is 17.0 Å². The van der Waals surface area contributed by atoms with Crippen LogP contribution >= 0.6 is 0 Å². The molecule has 1 aromatic heterocycles. The lowest BCUT2D eigenvalue weighted by molar-refractivity contribution is -0.120. The molecule has 0 fully saturated rings. The monoisotopic (exact) mass is 373 g/mol. The molecule has 3 rings (SSSR count). The van der Waals surface area contributed by atoms with Crippen LogP contribution < -0.4 is 4.90 Å². The first-order chi connectivity index (χ1) is 13.8. The van der Waals surface area contributed by atoms with Crippen molar-refractivity contribution in [2.24, 2.45) is 0 Å². The number of hydrogen-bond donors (Lipinski definition) is 0. The van der Waals surface area contributed by atoms with Crippen LogP contribution in [0.25, 0.3) is 0 Å². The zero-order chi connectivity index (χ0) is 19.6. The average Bonchev–Trinajstić information content (AvgIpc) is 3.23. The highest BCUT2D eigenvalue weighted by atomic mass is 16.3. The van der Waals surface area contributed by atoms with Crippen LogP contribution in [0.1, 0.15) is 17.7 Å². The SMILES string of the molecule is N#CCCN(C(=O)CN(Cc1ccccc1)Cc1ccco1)c1ccccc1. The summed E-state index contributed by atoms with van der Waals surface area (Å²) >= 11 is 0. The maximum atomic E-state index is 13.1. The Balaban J connectivity index is 1.76. The van der Waals surface area contributed by atoms with Crippen LogP contribution in [0.3, 0.4) is 0 Å². The fourth-order valence-corrected chi connectivity index (χ4v) is 3.08. The molecule has 0 aliphatic rings. The molecule has 0 spiro atoms. The molecule has 2 aromatic carbocycles. The van der Waals surface area contributed by atoms with Gasteiger partial charge in [0.1, 0.15) is 5.76 Å². The van der Waals surface area contributed by atoms with E-state index in [4.69, 9.17) is 9.68 Å². The van der Waals surface area contributed by atoms with Gasteiger partial charge in [-0.25, -0.2) is 0 Å². The van der Waals surface area contributed by atoms with E-state index in [9.17, 15) is 4.79 Å². The van der Waals surface area contributed by atoms with Crippen LogP contribution in [-0.2, 0) is 17.9 Å². The molecule has 3 aromatic rings. The van der Waals surface area contributed by atoms with Gasteiger partial charge in [-0.05, 0) is 29.8 Å². The minimum Gasteiger partial charge on any atom is -0.468 e. The quantitative estimate of drug-likeness (QED) is 0.563. The van der Waals surface area contributed by atoms with Gasteiger partial charge < -0.3 is 9.32 Å². The van der Waals surface area contributed by atoms with Gasteiger partial charge >= 0.3 is 0 Å². The van der Waals surface area contributed by atoms with Crippen molar-refractivity contribution < 1.29 is 9.21 Å². The highest BCUT2D eigenvalue weighted by Crippen LogP contribution is 2.16. The van der Waals surface area contributed by atoms with Crippen molar-refractivity contribution >= 4 is 11.6 Å². The Labute approximate surface area is 165 Å². The number of nitrogens with zero attached hydrogens (tertiary/aromatic N) is 3. The summed E-state index contributed by atoms with van der Waals surface area (Å²) in [5.41, 5.74) is 1.94. The second-order valence-electron chi connectivity index (χ2n) is 6.50. The second-order valence-corrected chi connectivity index (χ2v) is 6.50. The number of rotatable bonds is 9. The topological polar surface area (TPSA) is 60.5 Å². The molecule has 1 heterocycles. The van der Waals surface area contributed by atoms with Gasteiger partial charge in [0.2, 0.25) is 5.91 Å². The van der Waals surface area contributed by atoms with Gasteiger partial charge in [-0.1, -0.05) is 48.5 Å². The molecule has 0 saturated carbocycles. The number of benzene rings is 2. The number of carbonyl (C=O) groups excluding carboxylic acids is 1. The van der Waals surface area contributed by atoms with Crippen LogP contribution in [-0.4, -0.2) is 23.9 Å². The first kappa shape index (κ1) is 19.4. The second kappa shape index (κ2) is 10.1. The molecule has 142 valence electrons. The summed E-state index contributed by atoms with van der Waals surface area (Å²) in [4.78, 5) is 16.9. The summed E-state index contributed by atoms with van der Waals surface area (Å²) < 4.78 is 5.48. The molecule has 0 unspecified atom stereocenters. The van der Waals surface area contributed by atoms with Crippen molar-refractivity contribution in [3.8, 4) is 6.07 Å². The fraction of sp³-hybridized carbons (Fsp3) is 0.217. The van der Waals surface area contributed by atoms with E-state index >= 15 is 0 Å². The number of para-hydroxylation sites is 1. The molecule has 0 aliphatic heterocycles. The van der Waals surface area contributed by atoms with Crippen LogP contribution in [0.2, 0.25) is 0 Å². The third-order valence-electron chi connectivity index (χ3n) is 4.38. The molecule has 28 heavy (non-hydrogen) atoms. The number of amides is 1. The molecule has 0 aliphatic carbocycles. The van der Waals surface area contributed by atoms with Crippen molar-refractivity contribution in [1.82, 2.24) is 4.90 Å². The third kappa shape index (κ3) is 5.57. The van der Waals surface area contributed by atoms with E-state index in [-0.39, 0.29) is 18.9 Å². The summed E-state index contributed by atoms with van der Waals surface area (Å²) in [6.07, 6.45) is 1.93. The predicted molar refractivity (Wildman–Crippen MR) is 108 cm³/mol. The van der Waals surface area contributed by atoms with Crippen molar-refractivity contribution in [1.29, 1.82) is 5.26 Å². The summed E-state index contributed by atoms with van der Waals surface area (Å²) in [6.45, 7) is 1.78. The summed E-state index contributed by atoms with van der Waals surface area (Å²) in [7, 11) is 0. The number of nitriles is 1. The minimum absolute atomic E-state index is 0.0380. The highest BCUT2D eigenvalue weighted by Gasteiger charge is 2.20. The van der Waals surface area contributed by atoms with Crippen molar-refractivity contribution in [2.75, 3.05) is 18.0 Å². The molecule has 0 saturated heterocycles. The lowest BCUT2D eigenvalue weighted by Crippen LogP contribution is -2.40. The van der Waals surface area contributed by atoms with Gasteiger partial charge in [-0.3, -0.25) is 9.69 Å². The fourth-order valence-electron chi connectivity index (χ4n) is 3.08. The molecule has 0 atom stereocenters. The zero-order valence-electron chi connectivity index (χ0n) is 15.7. The van der Waals surface area contributed by atoms with Gasteiger partial charge in [0.15, 0.2) is 0 Å². The standard InChI is InChI=1S/C23H23N3O2/c24-14-8-15-26(21-11-5-2-6-12-21)23(27)19-25(18-22-13-7-16-28-22)17-20-9-3-1-4-10-20/h1-7,9-13,16H,8,15,17-19H2. The van der Waals surface area contributed by atoms with Crippen LogP contribution in [0.5, 0.6) is 0 Å². The average molecular weight is 373 g/mol. The molecule has 0 radical (unpaired) electrons. The number of anilines is 1. The maximum absolute atomic E-state index is 13.1. The summed E-state index contributed by atoms with van der Waals surface area (Å²) in [5, 5.41) is 8.98.